The Labute approximate surface area is 153 Å². The van der Waals surface area contributed by atoms with E-state index in [9.17, 15) is 10.0 Å². The molecule has 2 aromatic carbocycles. The molecule has 0 aliphatic carbocycles. The average molecular weight is 381 g/mol. The molecule has 0 spiro atoms. The van der Waals surface area contributed by atoms with Crippen molar-refractivity contribution in [3.05, 3.63) is 50.8 Å². The first-order valence-corrected chi connectivity index (χ1v) is 8.00. The predicted molar refractivity (Wildman–Crippen MR) is 97.7 cm³/mol. The number of nitrogens with zero attached hydrogens (tertiary/aromatic N) is 2. The van der Waals surface area contributed by atoms with Gasteiger partial charge in [-0.2, -0.15) is 0 Å². The van der Waals surface area contributed by atoms with E-state index in [1.54, 1.807) is 31.4 Å². The van der Waals surface area contributed by atoms with Crippen molar-refractivity contribution in [2.24, 2.45) is 5.18 Å². The molecular weight excluding hydrogens is 367 g/mol. The van der Waals surface area contributed by atoms with Crippen LogP contribution >= 0.6 is 23.2 Å². The number of benzene rings is 2. The van der Waals surface area contributed by atoms with Crippen LogP contribution in [0.25, 0.3) is 10.9 Å². The predicted octanol–water partition coefficient (Wildman–Crippen LogP) is 5.12. The van der Waals surface area contributed by atoms with Gasteiger partial charge < -0.3 is 19.1 Å². The standard InChI is InChI=1S/C17H14Cl2N2O4/c1-24-13-4-3-9(5-14(13)25-2)8-21-16-11(15(20-23)17(21)22)6-10(18)7-12(16)19/h3-7,22H,8H2,1-2H3. The minimum absolute atomic E-state index is 0.0973. The lowest BCUT2D eigenvalue weighted by atomic mass is 10.2. The summed E-state index contributed by atoms with van der Waals surface area (Å²) in [4.78, 5) is 11.2. The Kier molecular flexibility index (Phi) is 4.74. The molecule has 130 valence electrons. The normalized spacial score (nSPS) is 10.9. The molecule has 8 heteroatoms. The second-order valence-corrected chi connectivity index (χ2v) is 6.17. The molecule has 3 aromatic rings. The number of halogens is 2. The fourth-order valence-corrected chi connectivity index (χ4v) is 3.38. The summed E-state index contributed by atoms with van der Waals surface area (Å²) in [5, 5.41) is 14.4. The van der Waals surface area contributed by atoms with Crippen LogP contribution in [0.15, 0.2) is 35.5 Å². The lowest BCUT2D eigenvalue weighted by Gasteiger charge is -2.12. The molecule has 6 nitrogen and oxygen atoms in total. The number of fused-ring (bicyclic) bond motifs is 1. The molecule has 1 aromatic heterocycles. The summed E-state index contributed by atoms with van der Waals surface area (Å²) in [5.41, 5.74) is 1.20. The van der Waals surface area contributed by atoms with E-state index < -0.39 is 0 Å². The fraction of sp³-hybridized carbons (Fsp3) is 0.176. The van der Waals surface area contributed by atoms with E-state index in [1.807, 2.05) is 6.07 Å². The molecule has 0 aliphatic heterocycles. The second-order valence-electron chi connectivity index (χ2n) is 5.32. The van der Waals surface area contributed by atoms with Gasteiger partial charge in [0.15, 0.2) is 17.2 Å². The molecule has 0 saturated heterocycles. The Morgan fingerprint density at radius 1 is 1.12 bits per heavy atom. The Morgan fingerprint density at radius 3 is 2.48 bits per heavy atom. The second kappa shape index (κ2) is 6.82. The highest BCUT2D eigenvalue weighted by Gasteiger charge is 2.21. The molecule has 1 N–H and O–H groups in total. The Morgan fingerprint density at radius 2 is 1.84 bits per heavy atom. The van der Waals surface area contributed by atoms with Crippen LogP contribution in [0.4, 0.5) is 5.69 Å². The van der Waals surface area contributed by atoms with Crippen LogP contribution in [0.5, 0.6) is 17.4 Å². The van der Waals surface area contributed by atoms with Crippen LogP contribution in [-0.4, -0.2) is 23.9 Å². The number of hydrogen-bond acceptors (Lipinski definition) is 5. The highest BCUT2D eigenvalue weighted by atomic mass is 35.5. The van der Waals surface area contributed by atoms with Crippen LogP contribution in [0.3, 0.4) is 0 Å². The highest BCUT2D eigenvalue weighted by Crippen LogP contribution is 2.43. The zero-order valence-electron chi connectivity index (χ0n) is 13.4. The summed E-state index contributed by atoms with van der Waals surface area (Å²) >= 11 is 12.3. The number of aromatic hydroxyl groups is 1. The molecule has 1 heterocycles. The molecule has 0 amide bonds. The first-order valence-electron chi connectivity index (χ1n) is 7.24. The third kappa shape index (κ3) is 2.99. The maximum absolute atomic E-state index is 11.2. The van der Waals surface area contributed by atoms with Gasteiger partial charge in [0, 0.05) is 10.4 Å². The third-order valence-electron chi connectivity index (χ3n) is 3.90. The molecular formula is C17H14Cl2N2O4. The summed E-state index contributed by atoms with van der Waals surface area (Å²) < 4.78 is 12.0. The van der Waals surface area contributed by atoms with Gasteiger partial charge in [0.2, 0.25) is 5.88 Å². The minimum Gasteiger partial charge on any atom is -0.493 e. The molecule has 0 unspecified atom stereocenters. The molecule has 3 rings (SSSR count). The summed E-state index contributed by atoms with van der Waals surface area (Å²) in [7, 11) is 3.09. The number of methoxy groups -OCH3 is 2. The molecule has 25 heavy (non-hydrogen) atoms. The Balaban J connectivity index is 2.17. The molecule has 0 saturated carbocycles. The van der Waals surface area contributed by atoms with Crippen LogP contribution in [0.1, 0.15) is 5.56 Å². The van der Waals surface area contributed by atoms with E-state index in [1.165, 1.54) is 11.7 Å². The van der Waals surface area contributed by atoms with Gasteiger partial charge in [-0.1, -0.05) is 29.3 Å². The van der Waals surface area contributed by atoms with Crippen molar-refractivity contribution in [1.29, 1.82) is 0 Å². The van der Waals surface area contributed by atoms with Crippen LogP contribution in [0, 0.1) is 4.91 Å². The number of ether oxygens (including phenoxy) is 2. The van der Waals surface area contributed by atoms with E-state index in [0.29, 0.717) is 32.4 Å². The monoisotopic (exact) mass is 380 g/mol. The van der Waals surface area contributed by atoms with Gasteiger partial charge in [0.1, 0.15) is 0 Å². The van der Waals surface area contributed by atoms with Crippen molar-refractivity contribution in [2.75, 3.05) is 14.2 Å². The van der Waals surface area contributed by atoms with Crippen molar-refractivity contribution in [3.63, 3.8) is 0 Å². The maximum atomic E-state index is 11.2. The van der Waals surface area contributed by atoms with Crippen molar-refractivity contribution in [3.8, 4) is 17.4 Å². The summed E-state index contributed by atoms with van der Waals surface area (Å²) in [6.07, 6.45) is 0. The Hall–Kier alpha value is -2.44. The summed E-state index contributed by atoms with van der Waals surface area (Å²) in [6.45, 7) is 0.250. The fourth-order valence-electron chi connectivity index (χ4n) is 2.78. The van der Waals surface area contributed by atoms with Gasteiger partial charge in [-0.25, -0.2) is 0 Å². The third-order valence-corrected chi connectivity index (χ3v) is 4.41. The van der Waals surface area contributed by atoms with Crippen LogP contribution in [0.2, 0.25) is 10.0 Å². The SMILES string of the molecule is COc1ccc(Cn2c(O)c(N=O)c3cc(Cl)cc(Cl)c32)cc1OC. The first-order chi connectivity index (χ1) is 12.0. The molecule has 0 atom stereocenters. The molecule has 0 aliphatic rings. The number of nitroso groups, excluding NO2 is 1. The number of rotatable bonds is 5. The van der Waals surface area contributed by atoms with Gasteiger partial charge in [-0.05, 0) is 35.0 Å². The minimum atomic E-state index is -0.274. The summed E-state index contributed by atoms with van der Waals surface area (Å²) in [6, 6.07) is 8.45. The summed E-state index contributed by atoms with van der Waals surface area (Å²) in [5.74, 6) is 0.871. The van der Waals surface area contributed by atoms with Crippen LogP contribution < -0.4 is 9.47 Å². The van der Waals surface area contributed by atoms with E-state index in [-0.39, 0.29) is 18.1 Å². The lowest BCUT2D eigenvalue weighted by molar-refractivity contribution is 0.354. The van der Waals surface area contributed by atoms with E-state index in [2.05, 4.69) is 5.18 Å². The molecule has 0 bridgehead atoms. The largest absolute Gasteiger partial charge is 0.493 e. The zero-order chi connectivity index (χ0) is 18.1. The quantitative estimate of drug-likeness (QED) is 0.623. The number of hydrogen-bond donors (Lipinski definition) is 1. The Bertz CT molecular complexity index is 969. The van der Waals surface area contributed by atoms with Crippen LogP contribution in [-0.2, 0) is 6.54 Å². The van der Waals surface area contributed by atoms with Crippen molar-refractivity contribution < 1.29 is 14.6 Å². The molecule has 0 radical (unpaired) electrons. The zero-order valence-corrected chi connectivity index (χ0v) is 14.9. The highest BCUT2D eigenvalue weighted by molar-refractivity contribution is 6.39. The van der Waals surface area contributed by atoms with Gasteiger partial charge in [-0.15, -0.1) is 4.91 Å². The van der Waals surface area contributed by atoms with Gasteiger partial charge in [-0.3, -0.25) is 0 Å². The number of aromatic nitrogens is 1. The van der Waals surface area contributed by atoms with E-state index in [0.717, 1.165) is 5.56 Å². The van der Waals surface area contributed by atoms with Gasteiger partial charge in [0.05, 0.1) is 31.3 Å². The van der Waals surface area contributed by atoms with Crippen molar-refractivity contribution in [2.45, 2.75) is 6.54 Å². The van der Waals surface area contributed by atoms with Gasteiger partial charge >= 0.3 is 0 Å². The lowest BCUT2D eigenvalue weighted by Crippen LogP contribution is -2.00. The first kappa shape index (κ1) is 17.4. The molecule has 0 fully saturated rings. The topological polar surface area (TPSA) is 73.0 Å². The average Bonchev–Trinajstić information content (AvgIpc) is 2.86. The van der Waals surface area contributed by atoms with Crippen molar-refractivity contribution >= 4 is 39.8 Å². The van der Waals surface area contributed by atoms with Gasteiger partial charge in [0.25, 0.3) is 0 Å². The van der Waals surface area contributed by atoms with E-state index in [4.69, 9.17) is 32.7 Å². The smallest absolute Gasteiger partial charge is 0.222 e. The van der Waals surface area contributed by atoms with Crippen molar-refractivity contribution in [1.82, 2.24) is 4.57 Å². The van der Waals surface area contributed by atoms with E-state index >= 15 is 0 Å². The maximum Gasteiger partial charge on any atom is 0.222 e.